The van der Waals surface area contributed by atoms with Crippen molar-refractivity contribution in [3.63, 3.8) is 0 Å². The molecule has 0 aromatic heterocycles. The first kappa shape index (κ1) is 32.2. The molecule has 2 aliphatic rings. The smallest absolute Gasteiger partial charge is 0.266 e. The number of ether oxygens (including phenoxy) is 3. The van der Waals surface area contributed by atoms with Crippen LogP contribution in [0, 0.1) is 0 Å². The second-order valence-electron chi connectivity index (χ2n) is 13.6. The molecule has 7 aromatic rings. The van der Waals surface area contributed by atoms with Crippen LogP contribution in [0.4, 0.5) is 5.69 Å². The van der Waals surface area contributed by atoms with Crippen LogP contribution in [-0.2, 0) is 14.2 Å². The second kappa shape index (κ2) is 12.2. The number of rotatable bonds is 10. The van der Waals surface area contributed by atoms with Crippen LogP contribution in [0.15, 0.2) is 91.0 Å². The molecule has 0 saturated heterocycles. The predicted octanol–water partition coefficient (Wildman–Crippen LogP) is 7.74. The lowest BCUT2D eigenvalue weighted by Gasteiger charge is -2.33. The third-order valence-electron chi connectivity index (χ3n) is 10.5. The van der Waals surface area contributed by atoms with E-state index in [-0.39, 0.29) is 36.3 Å². The monoisotopic (exact) mass is 690 g/mol. The molecule has 7 aromatic carbocycles. The summed E-state index contributed by atoms with van der Waals surface area (Å²) in [6, 6.07) is 27.6. The predicted molar refractivity (Wildman–Crippen MR) is 201 cm³/mol. The van der Waals surface area contributed by atoms with Crippen LogP contribution in [0.5, 0.6) is 0 Å². The van der Waals surface area contributed by atoms with Crippen LogP contribution in [0.25, 0.3) is 53.9 Å². The van der Waals surface area contributed by atoms with E-state index in [2.05, 4.69) is 0 Å². The van der Waals surface area contributed by atoms with Gasteiger partial charge in [-0.2, -0.15) is 0 Å². The zero-order valence-corrected chi connectivity index (χ0v) is 28.9. The van der Waals surface area contributed by atoms with E-state index in [0.717, 1.165) is 43.1 Å². The van der Waals surface area contributed by atoms with E-state index in [1.807, 2.05) is 74.5 Å². The number of amides is 4. The number of carbonyl (C=O) groups is 4. The maximum absolute atomic E-state index is 14.3. The van der Waals surface area contributed by atoms with E-state index in [0.29, 0.717) is 58.5 Å². The molecule has 0 radical (unpaired) electrons. The second-order valence-corrected chi connectivity index (χ2v) is 13.6. The number of anilines is 1. The van der Waals surface area contributed by atoms with Crippen LogP contribution in [-0.4, -0.2) is 74.2 Å². The Morgan fingerprint density at radius 2 is 1.06 bits per heavy atom. The largest absolute Gasteiger partial charge is 0.382 e. The number of nitrogens with zero attached hydrogens (tertiary/aromatic N) is 2. The van der Waals surface area contributed by atoms with Gasteiger partial charge in [-0.1, -0.05) is 60.7 Å². The SMILES string of the molecule is COCCOCC(C)OCC(C)N1C(=O)c2ccc3c4ccc5c6c(ccc(c7ccc(c2c37)C1=O)c64)C(=O)N(c1cccc2ccccc12)C5=O. The van der Waals surface area contributed by atoms with Crippen molar-refractivity contribution >= 4 is 83.2 Å². The fourth-order valence-corrected chi connectivity index (χ4v) is 8.13. The Hall–Kier alpha value is -5.74. The molecule has 9 rings (SSSR count). The standard InChI is InChI=1S/C43H34N2O7/c1-23(21-52-24(2)22-51-20-19-50-3)44-40(46)31-15-11-27-29-13-17-33-39-34(18-14-30(37(29)39)28-12-16-32(41(44)47)38(31)36(27)28)43(49)45(42(33)48)35-10-6-8-25-7-4-5-9-26(25)35/h4-18,23-24H,19-22H2,1-3H3. The quantitative estimate of drug-likeness (QED) is 0.0626. The Morgan fingerprint density at radius 3 is 1.62 bits per heavy atom. The number of methoxy groups -OCH3 is 1. The number of imide groups is 2. The molecular weight excluding hydrogens is 656 g/mol. The third-order valence-corrected chi connectivity index (χ3v) is 10.5. The maximum Gasteiger partial charge on any atom is 0.266 e. The van der Waals surface area contributed by atoms with Crippen molar-refractivity contribution in [1.82, 2.24) is 4.90 Å². The van der Waals surface area contributed by atoms with Crippen molar-refractivity contribution in [3.05, 3.63) is 113 Å². The van der Waals surface area contributed by atoms with E-state index in [1.165, 1.54) is 9.80 Å². The zero-order valence-electron chi connectivity index (χ0n) is 28.9. The Balaban J connectivity index is 1.13. The molecule has 258 valence electrons. The molecule has 0 N–H and O–H groups in total. The van der Waals surface area contributed by atoms with E-state index in [9.17, 15) is 19.2 Å². The van der Waals surface area contributed by atoms with Crippen LogP contribution in [0.1, 0.15) is 55.3 Å². The molecule has 0 bridgehead atoms. The number of benzene rings is 7. The van der Waals surface area contributed by atoms with Gasteiger partial charge in [0.1, 0.15) is 0 Å². The molecule has 0 fully saturated rings. The number of carbonyl (C=O) groups excluding carboxylic acids is 4. The van der Waals surface area contributed by atoms with Crippen molar-refractivity contribution in [2.24, 2.45) is 0 Å². The van der Waals surface area contributed by atoms with Crippen molar-refractivity contribution in [1.29, 1.82) is 0 Å². The minimum atomic E-state index is -0.516. The average Bonchev–Trinajstić information content (AvgIpc) is 3.16. The zero-order chi connectivity index (χ0) is 35.8. The highest BCUT2D eigenvalue weighted by molar-refractivity contribution is 6.44. The lowest BCUT2D eigenvalue weighted by molar-refractivity contribution is -0.0312. The van der Waals surface area contributed by atoms with E-state index in [1.54, 1.807) is 37.4 Å². The lowest BCUT2D eigenvalue weighted by Crippen LogP contribution is -2.48. The van der Waals surface area contributed by atoms with Crippen LogP contribution >= 0.6 is 0 Å². The van der Waals surface area contributed by atoms with Crippen molar-refractivity contribution in [2.75, 3.05) is 38.4 Å². The highest BCUT2D eigenvalue weighted by Gasteiger charge is 2.39. The molecule has 0 aliphatic carbocycles. The number of fused-ring (bicyclic) bond motifs is 3. The number of hydrogen-bond acceptors (Lipinski definition) is 7. The first-order valence-corrected chi connectivity index (χ1v) is 17.4. The van der Waals surface area contributed by atoms with Gasteiger partial charge in [0.2, 0.25) is 0 Å². The Kier molecular flexibility index (Phi) is 7.55. The summed E-state index contributed by atoms with van der Waals surface area (Å²) in [5.74, 6) is -1.50. The first-order chi connectivity index (χ1) is 25.3. The normalized spacial score (nSPS) is 15.7. The van der Waals surface area contributed by atoms with Gasteiger partial charge in [-0.25, -0.2) is 4.90 Å². The fraction of sp³-hybridized carbons (Fsp3) is 0.209. The minimum Gasteiger partial charge on any atom is -0.382 e. The fourth-order valence-electron chi connectivity index (χ4n) is 8.13. The maximum atomic E-state index is 14.3. The van der Waals surface area contributed by atoms with Crippen molar-refractivity contribution in [2.45, 2.75) is 26.0 Å². The molecule has 2 aliphatic heterocycles. The van der Waals surface area contributed by atoms with Gasteiger partial charge in [-0.15, -0.1) is 0 Å². The molecular formula is C43H34N2O7. The summed E-state index contributed by atoms with van der Waals surface area (Å²) in [6.07, 6.45) is -0.232. The van der Waals surface area contributed by atoms with Gasteiger partial charge in [0.25, 0.3) is 23.6 Å². The van der Waals surface area contributed by atoms with Gasteiger partial charge in [0, 0.05) is 45.5 Å². The lowest BCUT2D eigenvalue weighted by atomic mass is 9.82. The van der Waals surface area contributed by atoms with Gasteiger partial charge in [-0.3, -0.25) is 24.1 Å². The van der Waals surface area contributed by atoms with Gasteiger partial charge in [-0.05, 0) is 81.9 Å². The molecule has 0 spiro atoms. The summed E-state index contributed by atoms with van der Waals surface area (Å²) in [6.45, 7) is 5.17. The summed E-state index contributed by atoms with van der Waals surface area (Å²) in [7, 11) is 1.61. The van der Waals surface area contributed by atoms with E-state index < -0.39 is 6.04 Å². The minimum absolute atomic E-state index is 0.163. The van der Waals surface area contributed by atoms with Crippen molar-refractivity contribution < 1.29 is 33.4 Å². The van der Waals surface area contributed by atoms with Crippen LogP contribution in [0.2, 0.25) is 0 Å². The third kappa shape index (κ3) is 4.60. The topological polar surface area (TPSA) is 102 Å². The van der Waals surface area contributed by atoms with Gasteiger partial charge < -0.3 is 14.2 Å². The van der Waals surface area contributed by atoms with Crippen LogP contribution in [0.3, 0.4) is 0 Å². The van der Waals surface area contributed by atoms with Crippen LogP contribution < -0.4 is 4.90 Å². The van der Waals surface area contributed by atoms with Gasteiger partial charge >= 0.3 is 0 Å². The molecule has 9 nitrogen and oxygen atoms in total. The molecule has 2 atom stereocenters. The molecule has 52 heavy (non-hydrogen) atoms. The summed E-state index contributed by atoms with van der Waals surface area (Å²) in [5, 5.41) is 7.98. The Labute approximate surface area is 298 Å². The summed E-state index contributed by atoms with van der Waals surface area (Å²) >= 11 is 0. The molecule has 9 heteroatoms. The highest BCUT2D eigenvalue weighted by atomic mass is 16.5. The molecule has 4 amide bonds. The summed E-state index contributed by atoms with van der Waals surface area (Å²) in [5.41, 5.74) is 2.34. The van der Waals surface area contributed by atoms with Gasteiger partial charge in [0.05, 0.1) is 44.3 Å². The highest BCUT2D eigenvalue weighted by Crippen LogP contribution is 2.47. The average molecular weight is 691 g/mol. The molecule has 2 heterocycles. The molecule has 2 unspecified atom stereocenters. The van der Waals surface area contributed by atoms with Crippen molar-refractivity contribution in [3.8, 4) is 0 Å². The van der Waals surface area contributed by atoms with Gasteiger partial charge in [0.15, 0.2) is 0 Å². The van der Waals surface area contributed by atoms with E-state index >= 15 is 0 Å². The Morgan fingerprint density at radius 1 is 0.538 bits per heavy atom. The first-order valence-electron chi connectivity index (χ1n) is 17.4. The summed E-state index contributed by atoms with van der Waals surface area (Å²) < 4.78 is 16.5. The molecule has 0 saturated carbocycles. The Bertz CT molecular complexity index is 2540. The summed E-state index contributed by atoms with van der Waals surface area (Å²) in [4.78, 5) is 59.3. The number of hydrogen-bond donors (Lipinski definition) is 0. The van der Waals surface area contributed by atoms with E-state index in [4.69, 9.17) is 14.2 Å².